The lowest BCUT2D eigenvalue weighted by molar-refractivity contribution is -0.119. The highest BCUT2D eigenvalue weighted by Crippen LogP contribution is 2.35. The van der Waals surface area contributed by atoms with Crippen molar-refractivity contribution in [3.63, 3.8) is 0 Å². The molecule has 0 aliphatic rings. The first kappa shape index (κ1) is 21.0. The van der Waals surface area contributed by atoms with Crippen LogP contribution in [0.25, 0.3) is 10.9 Å². The van der Waals surface area contributed by atoms with E-state index >= 15 is 0 Å². The molecule has 3 rings (SSSR count). The Balaban J connectivity index is 2.15. The number of carbonyl (C=O) groups excluding carboxylic acids is 2. The number of primary amides is 2. The number of anilines is 3. The van der Waals surface area contributed by atoms with Gasteiger partial charge in [-0.25, -0.2) is 9.37 Å². The van der Waals surface area contributed by atoms with Crippen LogP contribution in [0.15, 0.2) is 42.7 Å². The van der Waals surface area contributed by atoms with Crippen LogP contribution >= 0.6 is 0 Å². The van der Waals surface area contributed by atoms with Gasteiger partial charge >= 0.3 is 0 Å². The summed E-state index contributed by atoms with van der Waals surface area (Å²) in [7, 11) is 0. The van der Waals surface area contributed by atoms with Crippen LogP contribution in [0.2, 0.25) is 0 Å². The van der Waals surface area contributed by atoms with Crippen molar-refractivity contribution in [2.45, 2.75) is 26.3 Å². The first-order valence-corrected chi connectivity index (χ1v) is 9.42. The Morgan fingerprint density at radius 3 is 2.53 bits per heavy atom. The predicted octanol–water partition coefficient (Wildman–Crippen LogP) is 2.92. The van der Waals surface area contributed by atoms with Crippen LogP contribution in [0, 0.1) is 11.7 Å². The summed E-state index contributed by atoms with van der Waals surface area (Å²) in [6.07, 6.45) is 3.30. The Morgan fingerprint density at radius 2 is 1.87 bits per heavy atom. The molecule has 0 radical (unpaired) electrons. The Hall–Kier alpha value is -3.75. The largest absolute Gasteiger partial charge is 0.371 e. The number of halogens is 1. The van der Waals surface area contributed by atoms with Gasteiger partial charge in [-0.2, -0.15) is 0 Å². The number of rotatable bonds is 8. The van der Waals surface area contributed by atoms with Crippen LogP contribution in [-0.4, -0.2) is 27.8 Å². The molecule has 6 N–H and O–H groups in total. The van der Waals surface area contributed by atoms with E-state index in [9.17, 15) is 14.0 Å². The number of benzene rings is 1. The van der Waals surface area contributed by atoms with Gasteiger partial charge in [0, 0.05) is 12.4 Å². The van der Waals surface area contributed by atoms with Gasteiger partial charge < -0.3 is 22.1 Å². The van der Waals surface area contributed by atoms with Crippen molar-refractivity contribution in [3.05, 3.63) is 54.1 Å². The molecule has 0 spiro atoms. The Bertz CT molecular complexity index is 1100. The average Bonchev–Trinajstić information content (AvgIpc) is 2.69. The molecule has 1 atom stereocenters. The highest BCUT2D eigenvalue weighted by Gasteiger charge is 2.22. The number of aromatic nitrogens is 2. The number of carbonyl (C=O) groups is 2. The van der Waals surface area contributed by atoms with Gasteiger partial charge in [-0.15, -0.1) is 0 Å². The number of hydrogen-bond acceptors (Lipinski definition) is 6. The zero-order valence-electron chi connectivity index (χ0n) is 16.6. The van der Waals surface area contributed by atoms with Gasteiger partial charge in [0.25, 0.3) is 5.91 Å². The van der Waals surface area contributed by atoms with Gasteiger partial charge in [0.15, 0.2) is 0 Å². The fraction of sp³-hybridized carbons (Fsp3) is 0.238. The topological polar surface area (TPSA) is 136 Å². The molecule has 0 aliphatic heterocycles. The number of nitrogens with two attached hydrogens (primary N) is 2. The van der Waals surface area contributed by atoms with E-state index < -0.39 is 23.7 Å². The molecular formula is C21H23FN6O2. The molecule has 3 aromatic rings. The standard InChI is InChI=1S/C21H23FN6O2/c1-11(2)10-16(20(24)30)27-18-15(6-5-14-17(18)13(22)7-9-25-14)28-21-12(19(23)29)4-3-8-26-21/h3-9,11,16,27H,10H2,1-2H3,(H2,23,29)(H2,24,30)(H,26,28)/t16-/m1/s1. The average molecular weight is 410 g/mol. The fourth-order valence-electron chi connectivity index (χ4n) is 3.18. The van der Waals surface area contributed by atoms with Crippen molar-refractivity contribution in [1.29, 1.82) is 0 Å². The molecule has 0 fully saturated rings. The van der Waals surface area contributed by atoms with E-state index in [4.69, 9.17) is 11.5 Å². The Kier molecular flexibility index (Phi) is 6.10. The van der Waals surface area contributed by atoms with E-state index in [2.05, 4.69) is 20.6 Å². The second kappa shape index (κ2) is 8.73. The molecule has 2 aromatic heterocycles. The molecule has 0 aliphatic carbocycles. The van der Waals surface area contributed by atoms with Gasteiger partial charge in [0.05, 0.1) is 27.8 Å². The van der Waals surface area contributed by atoms with Crippen LogP contribution in [-0.2, 0) is 4.79 Å². The quantitative estimate of drug-likeness (QED) is 0.451. The van der Waals surface area contributed by atoms with Crippen molar-refractivity contribution >= 4 is 39.9 Å². The molecule has 30 heavy (non-hydrogen) atoms. The lowest BCUT2D eigenvalue weighted by atomic mass is 10.0. The number of nitrogens with one attached hydrogen (secondary N) is 2. The molecule has 1 aromatic carbocycles. The normalized spacial score (nSPS) is 12.0. The zero-order valence-corrected chi connectivity index (χ0v) is 16.6. The van der Waals surface area contributed by atoms with Crippen molar-refractivity contribution in [2.75, 3.05) is 10.6 Å². The van der Waals surface area contributed by atoms with Gasteiger partial charge in [-0.05, 0) is 42.7 Å². The van der Waals surface area contributed by atoms with E-state index in [1.54, 1.807) is 18.2 Å². The van der Waals surface area contributed by atoms with Gasteiger partial charge in [0.1, 0.15) is 17.7 Å². The summed E-state index contributed by atoms with van der Waals surface area (Å²) in [5.74, 6) is -1.37. The summed E-state index contributed by atoms with van der Waals surface area (Å²) in [4.78, 5) is 32.1. The third-order valence-electron chi connectivity index (χ3n) is 4.55. The third-order valence-corrected chi connectivity index (χ3v) is 4.55. The maximum atomic E-state index is 14.8. The highest BCUT2D eigenvalue weighted by atomic mass is 19.1. The number of nitrogens with zero attached hydrogens (tertiary/aromatic N) is 2. The van der Waals surface area contributed by atoms with Crippen molar-refractivity contribution in [2.24, 2.45) is 17.4 Å². The zero-order chi connectivity index (χ0) is 21.8. The van der Waals surface area contributed by atoms with E-state index in [1.807, 2.05) is 13.8 Å². The van der Waals surface area contributed by atoms with Crippen LogP contribution in [0.3, 0.4) is 0 Å². The minimum Gasteiger partial charge on any atom is -0.371 e. The summed E-state index contributed by atoms with van der Waals surface area (Å²) < 4.78 is 14.8. The fourth-order valence-corrected chi connectivity index (χ4v) is 3.18. The van der Waals surface area contributed by atoms with Crippen molar-refractivity contribution in [1.82, 2.24) is 9.97 Å². The van der Waals surface area contributed by atoms with Crippen molar-refractivity contribution in [3.8, 4) is 0 Å². The first-order chi connectivity index (χ1) is 14.3. The molecule has 0 saturated carbocycles. The van der Waals surface area contributed by atoms with Gasteiger partial charge in [0.2, 0.25) is 5.91 Å². The summed E-state index contributed by atoms with van der Waals surface area (Å²) >= 11 is 0. The van der Waals surface area contributed by atoms with Crippen LogP contribution in [0.1, 0.15) is 30.6 Å². The van der Waals surface area contributed by atoms with Crippen LogP contribution < -0.4 is 22.1 Å². The molecule has 9 heteroatoms. The van der Waals surface area contributed by atoms with Gasteiger partial charge in [-0.1, -0.05) is 13.8 Å². The smallest absolute Gasteiger partial charge is 0.252 e. The molecule has 8 nitrogen and oxygen atoms in total. The SMILES string of the molecule is CC(C)C[C@@H](Nc1c(Nc2ncccc2C(N)=O)ccc2nccc(F)c12)C(N)=O. The lowest BCUT2D eigenvalue weighted by Gasteiger charge is -2.23. The Morgan fingerprint density at radius 1 is 1.10 bits per heavy atom. The molecule has 2 heterocycles. The summed E-state index contributed by atoms with van der Waals surface area (Å²) in [6.45, 7) is 3.91. The second-order valence-electron chi connectivity index (χ2n) is 7.29. The maximum Gasteiger partial charge on any atom is 0.252 e. The van der Waals surface area contributed by atoms with Crippen molar-refractivity contribution < 1.29 is 14.0 Å². The number of hydrogen-bond donors (Lipinski definition) is 4. The summed E-state index contributed by atoms with van der Waals surface area (Å²) in [5.41, 5.74) is 12.3. The first-order valence-electron chi connectivity index (χ1n) is 9.42. The lowest BCUT2D eigenvalue weighted by Crippen LogP contribution is -2.36. The predicted molar refractivity (Wildman–Crippen MR) is 114 cm³/mol. The van der Waals surface area contributed by atoms with E-state index in [1.165, 1.54) is 24.5 Å². The molecular weight excluding hydrogens is 387 g/mol. The number of pyridine rings is 2. The maximum absolute atomic E-state index is 14.8. The molecule has 2 amide bonds. The minimum absolute atomic E-state index is 0.168. The highest BCUT2D eigenvalue weighted by molar-refractivity contribution is 6.03. The molecule has 0 saturated heterocycles. The summed E-state index contributed by atoms with van der Waals surface area (Å²) in [5, 5.41) is 6.28. The third kappa shape index (κ3) is 4.45. The van der Waals surface area contributed by atoms with E-state index in [0.717, 1.165) is 0 Å². The number of fused-ring (bicyclic) bond motifs is 1. The van der Waals surface area contributed by atoms with E-state index in [-0.39, 0.29) is 22.7 Å². The molecule has 156 valence electrons. The number of amides is 2. The second-order valence-corrected chi connectivity index (χ2v) is 7.29. The monoisotopic (exact) mass is 410 g/mol. The van der Waals surface area contributed by atoms with E-state index in [0.29, 0.717) is 23.3 Å². The van der Waals surface area contributed by atoms with Gasteiger partial charge in [-0.3, -0.25) is 14.6 Å². The van der Waals surface area contributed by atoms with Crippen LogP contribution in [0.5, 0.6) is 0 Å². The van der Waals surface area contributed by atoms with Crippen LogP contribution in [0.4, 0.5) is 21.6 Å². The molecule has 0 bridgehead atoms. The molecule has 0 unspecified atom stereocenters. The Labute approximate surface area is 172 Å². The summed E-state index contributed by atoms with van der Waals surface area (Å²) in [6, 6.07) is 6.88. The minimum atomic E-state index is -0.741.